The first-order valence-electron chi connectivity index (χ1n) is 6.84. The van der Waals surface area contributed by atoms with E-state index >= 15 is 0 Å². The molecular formula is C13H23N3O4. The average Bonchev–Trinajstić information content (AvgIpc) is 2.78. The second kappa shape index (κ2) is 6.58. The summed E-state index contributed by atoms with van der Waals surface area (Å²) >= 11 is 0. The van der Waals surface area contributed by atoms with E-state index < -0.39 is 24.1 Å². The van der Waals surface area contributed by atoms with Gasteiger partial charge < -0.3 is 20.2 Å². The number of amides is 3. The van der Waals surface area contributed by atoms with Crippen molar-refractivity contribution >= 4 is 17.9 Å². The molecule has 7 heteroatoms. The molecule has 1 aliphatic rings. The highest BCUT2D eigenvalue weighted by Crippen LogP contribution is 2.24. The van der Waals surface area contributed by atoms with Gasteiger partial charge in [0.2, 0.25) is 5.91 Å². The Labute approximate surface area is 118 Å². The van der Waals surface area contributed by atoms with Crippen molar-refractivity contribution in [3.05, 3.63) is 0 Å². The van der Waals surface area contributed by atoms with Gasteiger partial charge in [-0.1, -0.05) is 6.92 Å². The number of likely N-dealkylation sites (tertiary alicyclic amines) is 1. The lowest BCUT2D eigenvalue weighted by atomic mass is 10.0. The molecule has 1 heterocycles. The van der Waals surface area contributed by atoms with Crippen LogP contribution in [0.3, 0.4) is 0 Å². The minimum absolute atomic E-state index is 0.0810. The molecule has 0 radical (unpaired) electrons. The summed E-state index contributed by atoms with van der Waals surface area (Å²) in [7, 11) is 1.66. The van der Waals surface area contributed by atoms with Gasteiger partial charge in [-0.15, -0.1) is 0 Å². The highest BCUT2D eigenvalue weighted by molar-refractivity contribution is 5.88. The van der Waals surface area contributed by atoms with Crippen molar-refractivity contribution in [2.24, 2.45) is 5.92 Å². The predicted octanol–water partition coefficient (Wildman–Crippen LogP) is 0.358. The molecule has 3 amide bonds. The Hall–Kier alpha value is -1.79. The number of hydrogen-bond acceptors (Lipinski definition) is 3. The molecule has 1 fully saturated rings. The predicted molar refractivity (Wildman–Crippen MR) is 73.2 cm³/mol. The smallest absolute Gasteiger partial charge is 0.326 e. The Morgan fingerprint density at radius 1 is 1.45 bits per heavy atom. The van der Waals surface area contributed by atoms with Crippen LogP contribution >= 0.6 is 0 Å². The summed E-state index contributed by atoms with van der Waals surface area (Å²) < 4.78 is 0. The Balaban J connectivity index is 2.67. The molecule has 3 atom stereocenters. The number of carbonyl (C=O) groups is 3. The monoisotopic (exact) mass is 285 g/mol. The second-order valence-electron chi connectivity index (χ2n) is 5.27. The third kappa shape index (κ3) is 3.40. The van der Waals surface area contributed by atoms with E-state index in [0.29, 0.717) is 19.5 Å². The third-order valence-electron chi connectivity index (χ3n) is 3.77. The van der Waals surface area contributed by atoms with Crippen molar-refractivity contribution in [3.63, 3.8) is 0 Å². The van der Waals surface area contributed by atoms with Gasteiger partial charge in [0.1, 0.15) is 12.1 Å². The molecule has 0 aromatic rings. The number of urea groups is 1. The van der Waals surface area contributed by atoms with Gasteiger partial charge in [0.15, 0.2) is 0 Å². The van der Waals surface area contributed by atoms with Gasteiger partial charge in [-0.2, -0.15) is 0 Å². The van der Waals surface area contributed by atoms with E-state index in [-0.39, 0.29) is 11.8 Å². The maximum absolute atomic E-state index is 12.1. The number of nitrogens with zero attached hydrogens (tertiary/aromatic N) is 2. The van der Waals surface area contributed by atoms with Crippen LogP contribution in [-0.4, -0.2) is 65.0 Å². The highest BCUT2D eigenvalue weighted by atomic mass is 16.4. The number of rotatable bonds is 4. The van der Waals surface area contributed by atoms with Crippen molar-refractivity contribution in [3.8, 4) is 0 Å². The van der Waals surface area contributed by atoms with Crippen molar-refractivity contribution in [2.75, 3.05) is 20.1 Å². The van der Waals surface area contributed by atoms with Crippen molar-refractivity contribution < 1.29 is 19.5 Å². The van der Waals surface area contributed by atoms with Crippen LogP contribution in [0.15, 0.2) is 0 Å². The fourth-order valence-electron chi connectivity index (χ4n) is 2.37. The maximum Gasteiger partial charge on any atom is 0.326 e. The molecule has 0 saturated carbocycles. The Bertz CT molecular complexity index is 399. The van der Waals surface area contributed by atoms with Gasteiger partial charge >= 0.3 is 12.0 Å². The molecule has 0 aromatic carbocycles. The van der Waals surface area contributed by atoms with Crippen LogP contribution in [0.2, 0.25) is 0 Å². The summed E-state index contributed by atoms with van der Waals surface area (Å²) in [6.07, 6.45) is 0.654. The van der Waals surface area contributed by atoms with E-state index in [0.717, 1.165) is 0 Å². The quantitative estimate of drug-likeness (QED) is 0.780. The second-order valence-corrected chi connectivity index (χ2v) is 5.27. The van der Waals surface area contributed by atoms with Crippen LogP contribution in [-0.2, 0) is 9.59 Å². The van der Waals surface area contributed by atoms with Gasteiger partial charge in [0.25, 0.3) is 0 Å². The number of likely N-dealkylation sites (N-methyl/N-ethyl adjacent to an activating group) is 1. The molecule has 1 saturated heterocycles. The molecule has 0 spiro atoms. The van der Waals surface area contributed by atoms with E-state index in [9.17, 15) is 19.5 Å². The van der Waals surface area contributed by atoms with E-state index in [1.54, 1.807) is 14.0 Å². The first kappa shape index (κ1) is 16.3. The van der Waals surface area contributed by atoms with Gasteiger partial charge in [-0.25, -0.2) is 9.59 Å². The summed E-state index contributed by atoms with van der Waals surface area (Å²) in [4.78, 5) is 38.0. The van der Waals surface area contributed by atoms with E-state index in [2.05, 4.69) is 5.32 Å². The Morgan fingerprint density at radius 2 is 2.05 bits per heavy atom. The number of carboxylic acids is 1. The zero-order valence-electron chi connectivity index (χ0n) is 12.4. The first-order valence-corrected chi connectivity index (χ1v) is 6.84. The lowest BCUT2D eigenvalue weighted by molar-refractivity contribution is -0.142. The lowest BCUT2D eigenvalue weighted by Gasteiger charge is -2.26. The molecule has 20 heavy (non-hydrogen) atoms. The Kier molecular flexibility index (Phi) is 5.35. The third-order valence-corrected chi connectivity index (χ3v) is 3.77. The van der Waals surface area contributed by atoms with Crippen molar-refractivity contribution in [2.45, 2.75) is 39.3 Å². The van der Waals surface area contributed by atoms with Crippen LogP contribution in [0.25, 0.3) is 0 Å². The fraction of sp³-hybridized carbons (Fsp3) is 0.769. The van der Waals surface area contributed by atoms with Crippen LogP contribution in [0.4, 0.5) is 4.79 Å². The molecule has 2 N–H and O–H groups in total. The molecule has 7 nitrogen and oxygen atoms in total. The normalized spacial score (nSPS) is 23.3. The van der Waals surface area contributed by atoms with E-state index in [1.807, 2.05) is 13.8 Å². The first-order chi connectivity index (χ1) is 9.29. The lowest BCUT2D eigenvalue weighted by Crippen LogP contribution is -2.53. The number of carboxylic acid groups (broad SMARTS) is 1. The number of hydrogen-bond donors (Lipinski definition) is 2. The van der Waals surface area contributed by atoms with Crippen LogP contribution in [0, 0.1) is 5.92 Å². The van der Waals surface area contributed by atoms with E-state index in [4.69, 9.17) is 0 Å². The molecule has 114 valence electrons. The van der Waals surface area contributed by atoms with E-state index in [1.165, 1.54) is 9.80 Å². The summed E-state index contributed by atoms with van der Waals surface area (Å²) in [6, 6.07) is -1.98. The molecule has 3 unspecified atom stereocenters. The number of aliphatic carboxylic acids is 1. The van der Waals surface area contributed by atoms with Crippen LogP contribution < -0.4 is 5.32 Å². The zero-order valence-corrected chi connectivity index (χ0v) is 12.4. The average molecular weight is 285 g/mol. The standard InChI is InChI=1S/C13H23N3O4/c1-5-15(4)11(17)9(3)14-13(20)16-7-6-8(2)10(16)12(18)19/h8-10H,5-7H2,1-4H3,(H,14,20)(H,18,19). The maximum atomic E-state index is 12.1. The van der Waals surface area contributed by atoms with Gasteiger partial charge in [-0.05, 0) is 26.2 Å². The number of carbonyl (C=O) groups excluding carboxylic acids is 2. The summed E-state index contributed by atoms with van der Waals surface area (Å²) in [5, 5.41) is 11.8. The summed E-state index contributed by atoms with van der Waals surface area (Å²) in [6.45, 7) is 6.20. The molecule has 1 aliphatic heterocycles. The number of nitrogens with one attached hydrogen (secondary N) is 1. The molecule has 0 bridgehead atoms. The Morgan fingerprint density at radius 3 is 2.55 bits per heavy atom. The molecule has 0 aliphatic carbocycles. The van der Waals surface area contributed by atoms with Gasteiger partial charge in [-0.3, -0.25) is 4.79 Å². The summed E-state index contributed by atoms with van der Waals surface area (Å²) in [5.74, 6) is -1.28. The van der Waals surface area contributed by atoms with Crippen LogP contribution in [0.5, 0.6) is 0 Å². The largest absolute Gasteiger partial charge is 0.480 e. The minimum atomic E-state index is -1.00. The SMILES string of the molecule is CCN(C)C(=O)C(C)NC(=O)N1CCC(C)C1C(=O)O. The van der Waals surface area contributed by atoms with Gasteiger partial charge in [0.05, 0.1) is 0 Å². The van der Waals surface area contributed by atoms with Gasteiger partial charge in [0, 0.05) is 20.1 Å². The zero-order chi connectivity index (χ0) is 15.4. The topological polar surface area (TPSA) is 90.0 Å². The molecule has 1 rings (SSSR count). The van der Waals surface area contributed by atoms with Crippen LogP contribution in [0.1, 0.15) is 27.2 Å². The van der Waals surface area contributed by atoms with Crippen molar-refractivity contribution in [1.82, 2.24) is 15.1 Å². The minimum Gasteiger partial charge on any atom is -0.480 e. The molecule has 0 aromatic heterocycles. The highest BCUT2D eigenvalue weighted by Gasteiger charge is 2.40. The fourth-order valence-corrected chi connectivity index (χ4v) is 2.37. The molecular weight excluding hydrogens is 262 g/mol. The summed E-state index contributed by atoms with van der Waals surface area (Å²) in [5.41, 5.74) is 0. The van der Waals surface area contributed by atoms with Crippen molar-refractivity contribution in [1.29, 1.82) is 0 Å².